The lowest BCUT2D eigenvalue weighted by Crippen LogP contribution is -2.12. The Kier molecular flexibility index (Phi) is 3.19. The third-order valence-electron chi connectivity index (χ3n) is 2.45. The number of hydrogen-bond acceptors (Lipinski definition) is 4. The molecule has 2 aromatic heterocycles. The van der Waals surface area contributed by atoms with Crippen molar-refractivity contribution in [3.63, 3.8) is 0 Å². The number of nitrogens with zero attached hydrogens (tertiary/aromatic N) is 5. The Bertz CT molecular complexity index is 430. The van der Waals surface area contributed by atoms with Crippen LogP contribution in [0.2, 0.25) is 0 Å². The first-order valence-corrected chi connectivity index (χ1v) is 5.46. The van der Waals surface area contributed by atoms with Crippen LogP contribution in [0.25, 0.3) is 0 Å². The van der Waals surface area contributed by atoms with E-state index in [9.17, 15) is 0 Å². The summed E-state index contributed by atoms with van der Waals surface area (Å²) < 4.78 is 3.73. The molecule has 2 heterocycles. The first kappa shape index (κ1) is 10.7. The number of rotatable bonds is 5. The molecule has 0 bridgehead atoms. The van der Waals surface area contributed by atoms with Gasteiger partial charge in [0.2, 0.25) is 0 Å². The summed E-state index contributed by atoms with van der Waals surface area (Å²) in [5.74, 6) is 0.544. The average molecular weight is 220 g/mol. The van der Waals surface area contributed by atoms with Crippen molar-refractivity contribution < 1.29 is 0 Å². The van der Waals surface area contributed by atoms with Crippen molar-refractivity contribution in [3.8, 4) is 0 Å². The largest absolute Gasteiger partial charge is 0.381 e. The minimum atomic E-state index is 0.544. The Balaban J connectivity index is 2.03. The van der Waals surface area contributed by atoms with Crippen LogP contribution >= 0.6 is 0 Å². The molecule has 2 aromatic rings. The molecule has 0 fully saturated rings. The summed E-state index contributed by atoms with van der Waals surface area (Å²) >= 11 is 0. The molecule has 0 saturated carbocycles. The van der Waals surface area contributed by atoms with E-state index < -0.39 is 0 Å². The van der Waals surface area contributed by atoms with Crippen molar-refractivity contribution in [2.45, 2.75) is 32.9 Å². The van der Waals surface area contributed by atoms with Gasteiger partial charge in [0.15, 0.2) is 5.82 Å². The number of aromatic nitrogens is 5. The molecule has 0 aliphatic rings. The van der Waals surface area contributed by atoms with Gasteiger partial charge in [0.05, 0.1) is 18.8 Å². The first-order chi connectivity index (χ1) is 7.81. The van der Waals surface area contributed by atoms with E-state index in [1.165, 1.54) is 0 Å². The third kappa shape index (κ3) is 2.21. The highest BCUT2D eigenvalue weighted by molar-refractivity contribution is 5.32. The van der Waals surface area contributed by atoms with Gasteiger partial charge in [-0.15, -0.1) is 5.10 Å². The molecular formula is C10H16N6. The van der Waals surface area contributed by atoms with Gasteiger partial charge in [-0.05, 0) is 12.5 Å². The highest BCUT2D eigenvalue weighted by Gasteiger charge is 2.08. The Morgan fingerprint density at radius 1 is 1.38 bits per heavy atom. The van der Waals surface area contributed by atoms with Crippen LogP contribution in [-0.2, 0) is 19.5 Å². The number of hydrogen-bond donors (Lipinski definition) is 1. The zero-order valence-corrected chi connectivity index (χ0v) is 9.37. The van der Waals surface area contributed by atoms with E-state index >= 15 is 0 Å². The molecule has 2 N–H and O–H groups in total. The Morgan fingerprint density at radius 3 is 2.94 bits per heavy atom. The quantitative estimate of drug-likeness (QED) is 0.805. The molecule has 6 nitrogen and oxygen atoms in total. The molecule has 2 rings (SSSR count). The average Bonchev–Trinajstić information content (AvgIpc) is 2.89. The van der Waals surface area contributed by atoms with Crippen LogP contribution in [-0.4, -0.2) is 24.8 Å². The predicted molar refractivity (Wildman–Crippen MR) is 60.7 cm³/mol. The van der Waals surface area contributed by atoms with E-state index in [0.717, 1.165) is 31.6 Å². The molecule has 86 valence electrons. The number of anilines is 1. The summed E-state index contributed by atoms with van der Waals surface area (Å²) in [6.07, 6.45) is 5.65. The predicted octanol–water partition coefficient (Wildman–Crippen LogP) is 0.709. The fourth-order valence-electron chi connectivity index (χ4n) is 1.65. The lowest BCUT2D eigenvalue weighted by molar-refractivity contribution is 0.476. The highest BCUT2D eigenvalue weighted by atomic mass is 15.4. The molecule has 0 aliphatic heterocycles. The van der Waals surface area contributed by atoms with Crippen molar-refractivity contribution in [1.29, 1.82) is 0 Å². The van der Waals surface area contributed by atoms with Crippen molar-refractivity contribution >= 4 is 5.82 Å². The molecule has 0 atom stereocenters. The van der Waals surface area contributed by atoms with Gasteiger partial charge in [-0.1, -0.05) is 18.6 Å². The molecule has 0 saturated heterocycles. The van der Waals surface area contributed by atoms with Crippen LogP contribution in [0.15, 0.2) is 18.5 Å². The van der Waals surface area contributed by atoms with Gasteiger partial charge in [-0.2, -0.15) is 5.10 Å². The normalized spacial score (nSPS) is 10.8. The minimum absolute atomic E-state index is 0.544. The van der Waals surface area contributed by atoms with Gasteiger partial charge in [0.25, 0.3) is 0 Å². The maximum atomic E-state index is 5.76. The fraction of sp³-hybridized carbons (Fsp3) is 0.500. The maximum Gasteiger partial charge on any atom is 0.169 e. The second kappa shape index (κ2) is 4.78. The standard InChI is InChI=1S/C10H16N6/c1-2-4-9-10(11)13-14-16(9)8-7-15-6-3-5-12-15/h3,5-6H,2,4,7-8,11H2,1H3. The Morgan fingerprint density at radius 2 is 2.25 bits per heavy atom. The SMILES string of the molecule is CCCc1c(N)nnn1CCn1cccn1. The van der Waals surface area contributed by atoms with Crippen LogP contribution in [0.1, 0.15) is 19.0 Å². The molecular weight excluding hydrogens is 204 g/mol. The van der Waals surface area contributed by atoms with Gasteiger partial charge in [-0.3, -0.25) is 4.68 Å². The van der Waals surface area contributed by atoms with E-state index in [4.69, 9.17) is 5.73 Å². The molecule has 0 unspecified atom stereocenters. The second-order valence-electron chi connectivity index (χ2n) is 3.66. The lowest BCUT2D eigenvalue weighted by Gasteiger charge is -2.05. The number of aryl methyl sites for hydroxylation is 2. The Labute approximate surface area is 94.1 Å². The summed E-state index contributed by atoms with van der Waals surface area (Å²) in [5, 5.41) is 12.1. The van der Waals surface area contributed by atoms with E-state index in [2.05, 4.69) is 22.3 Å². The fourth-order valence-corrected chi connectivity index (χ4v) is 1.65. The second-order valence-corrected chi connectivity index (χ2v) is 3.66. The van der Waals surface area contributed by atoms with Crippen LogP contribution in [0.3, 0.4) is 0 Å². The van der Waals surface area contributed by atoms with Crippen LogP contribution in [0.5, 0.6) is 0 Å². The van der Waals surface area contributed by atoms with Crippen LogP contribution in [0, 0.1) is 0 Å². The van der Waals surface area contributed by atoms with Crippen LogP contribution in [0.4, 0.5) is 5.82 Å². The van der Waals surface area contributed by atoms with Crippen LogP contribution < -0.4 is 5.73 Å². The van der Waals surface area contributed by atoms with Gasteiger partial charge in [0, 0.05) is 12.4 Å². The lowest BCUT2D eigenvalue weighted by atomic mass is 10.2. The maximum absolute atomic E-state index is 5.76. The molecule has 0 aromatic carbocycles. The smallest absolute Gasteiger partial charge is 0.169 e. The van der Waals surface area contributed by atoms with E-state index in [1.807, 2.05) is 21.6 Å². The molecule has 0 aliphatic carbocycles. The van der Waals surface area contributed by atoms with Crippen molar-refractivity contribution in [1.82, 2.24) is 24.8 Å². The van der Waals surface area contributed by atoms with Gasteiger partial charge in [-0.25, -0.2) is 4.68 Å². The van der Waals surface area contributed by atoms with E-state index in [1.54, 1.807) is 6.20 Å². The summed E-state index contributed by atoms with van der Waals surface area (Å²) in [6, 6.07) is 1.91. The first-order valence-electron chi connectivity index (χ1n) is 5.46. The number of nitrogen functional groups attached to an aromatic ring is 1. The van der Waals surface area contributed by atoms with Crippen molar-refractivity contribution in [2.24, 2.45) is 0 Å². The summed E-state index contributed by atoms with van der Waals surface area (Å²) in [4.78, 5) is 0. The number of nitrogens with two attached hydrogens (primary N) is 1. The molecule has 0 amide bonds. The van der Waals surface area contributed by atoms with Gasteiger partial charge >= 0.3 is 0 Å². The van der Waals surface area contributed by atoms with E-state index in [0.29, 0.717) is 5.82 Å². The summed E-state index contributed by atoms with van der Waals surface area (Å²) in [5.41, 5.74) is 6.78. The van der Waals surface area contributed by atoms with Crippen molar-refractivity contribution in [3.05, 3.63) is 24.2 Å². The molecule has 0 radical (unpaired) electrons. The topological polar surface area (TPSA) is 74.5 Å². The van der Waals surface area contributed by atoms with Crippen molar-refractivity contribution in [2.75, 3.05) is 5.73 Å². The zero-order chi connectivity index (χ0) is 11.4. The monoisotopic (exact) mass is 220 g/mol. The third-order valence-corrected chi connectivity index (χ3v) is 2.45. The van der Waals surface area contributed by atoms with E-state index in [-0.39, 0.29) is 0 Å². The molecule has 0 spiro atoms. The zero-order valence-electron chi connectivity index (χ0n) is 9.37. The van der Waals surface area contributed by atoms with Gasteiger partial charge < -0.3 is 5.73 Å². The highest BCUT2D eigenvalue weighted by Crippen LogP contribution is 2.09. The summed E-state index contributed by atoms with van der Waals surface area (Å²) in [7, 11) is 0. The van der Waals surface area contributed by atoms with Gasteiger partial charge in [0.1, 0.15) is 0 Å². The molecule has 6 heteroatoms. The Hall–Kier alpha value is -1.85. The summed E-state index contributed by atoms with van der Waals surface area (Å²) in [6.45, 7) is 3.65. The minimum Gasteiger partial charge on any atom is -0.381 e. The molecule has 16 heavy (non-hydrogen) atoms.